The molecule has 3 rings (SSSR count). The second-order valence-electron chi connectivity index (χ2n) is 4.25. The quantitative estimate of drug-likeness (QED) is 0.706. The normalized spacial score (nSPS) is 10.8. The lowest BCUT2D eigenvalue weighted by Gasteiger charge is -2.02. The zero-order chi connectivity index (χ0) is 13.4. The molecular formula is C14H10BrN3S. The van der Waals surface area contributed by atoms with E-state index in [9.17, 15) is 0 Å². The number of nitrogens with zero attached hydrogens (tertiary/aromatic N) is 3. The van der Waals surface area contributed by atoms with Gasteiger partial charge in [0.1, 0.15) is 11.3 Å². The van der Waals surface area contributed by atoms with Crippen LogP contribution >= 0.6 is 27.3 Å². The van der Waals surface area contributed by atoms with Crippen LogP contribution < -0.4 is 0 Å². The second-order valence-corrected chi connectivity index (χ2v) is 6.12. The average Bonchev–Trinajstić information content (AvgIpc) is 2.98. The van der Waals surface area contributed by atoms with E-state index in [1.807, 2.05) is 41.1 Å². The molecule has 0 aliphatic carbocycles. The standard InChI is InChI=1S/C14H10BrN3S/c1-9-7-10(15)8-18-11(4-5-16)13(17-14(9)18)12-3-2-6-19-12/h2-3,6-8H,4H2,1H3. The Morgan fingerprint density at radius 2 is 2.37 bits per heavy atom. The number of imidazole rings is 1. The van der Waals surface area contributed by atoms with Crippen LogP contribution in [0.4, 0.5) is 0 Å². The van der Waals surface area contributed by atoms with Crippen LogP contribution in [-0.4, -0.2) is 9.38 Å². The largest absolute Gasteiger partial charge is 0.301 e. The summed E-state index contributed by atoms with van der Waals surface area (Å²) in [5.74, 6) is 0. The zero-order valence-corrected chi connectivity index (χ0v) is 12.6. The van der Waals surface area contributed by atoms with Crippen molar-refractivity contribution < 1.29 is 0 Å². The summed E-state index contributed by atoms with van der Waals surface area (Å²) >= 11 is 5.14. The summed E-state index contributed by atoms with van der Waals surface area (Å²) in [6.07, 6.45) is 2.32. The van der Waals surface area contributed by atoms with Gasteiger partial charge in [-0.3, -0.25) is 0 Å². The maximum Gasteiger partial charge on any atom is 0.140 e. The Bertz CT molecular complexity index is 781. The molecule has 0 saturated heterocycles. The number of halogens is 1. The molecule has 19 heavy (non-hydrogen) atoms. The van der Waals surface area contributed by atoms with Gasteiger partial charge in [-0.1, -0.05) is 6.07 Å². The van der Waals surface area contributed by atoms with Gasteiger partial charge >= 0.3 is 0 Å². The van der Waals surface area contributed by atoms with Gasteiger partial charge in [0, 0.05) is 10.7 Å². The molecule has 3 aromatic rings. The van der Waals surface area contributed by atoms with Crippen molar-refractivity contribution in [2.45, 2.75) is 13.3 Å². The van der Waals surface area contributed by atoms with Crippen molar-refractivity contribution in [3.05, 3.63) is 45.5 Å². The van der Waals surface area contributed by atoms with Crippen molar-refractivity contribution in [3.8, 4) is 16.6 Å². The third-order valence-electron chi connectivity index (χ3n) is 2.97. The summed E-state index contributed by atoms with van der Waals surface area (Å²) < 4.78 is 3.00. The van der Waals surface area contributed by atoms with Crippen molar-refractivity contribution >= 4 is 32.9 Å². The van der Waals surface area contributed by atoms with Crippen LogP contribution in [0, 0.1) is 18.3 Å². The maximum atomic E-state index is 9.06. The van der Waals surface area contributed by atoms with Crippen LogP contribution in [0.3, 0.4) is 0 Å². The molecule has 0 aromatic carbocycles. The molecule has 0 saturated carbocycles. The van der Waals surface area contributed by atoms with E-state index >= 15 is 0 Å². The van der Waals surface area contributed by atoms with Gasteiger partial charge < -0.3 is 4.40 Å². The molecule has 0 fully saturated rings. The number of hydrogen-bond acceptors (Lipinski definition) is 3. The number of pyridine rings is 1. The Morgan fingerprint density at radius 3 is 3.05 bits per heavy atom. The number of nitriles is 1. The minimum atomic E-state index is 0.351. The van der Waals surface area contributed by atoms with Crippen LogP contribution in [0.25, 0.3) is 16.2 Å². The molecule has 3 aromatic heterocycles. The lowest BCUT2D eigenvalue weighted by atomic mass is 10.2. The summed E-state index contributed by atoms with van der Waals surface area (Å²) in [7, 11) is 0. The fourth-order valence-corrected chi connectivity index (χ4v) is 3.45. The van der Waals surface area contributed by atoms with Gasteiger partial charge in [0.05, 0.1) is 23.1 Å². The van der Waals surface area contributed by atoms with Gasteiger partial charge in [0.15, 0.2) is 0 Å². The highest BCUT2D eigenvalue weighted by Crippen LogP contribution is 2.30. The van der Waals surface area contributed by atoms with Gasteiger partial charge in [0.2, 0.25) is 0 Å². The first-order valence-electron chi connectivity index (χ1n) is 5.78. The predicted molar refractivity (Wildman–Crippen MR) is 80.3 cm³/mol. The van der Waals surface area contributed by atoms with E-state index < -0.39 is 0 Å². The first kappa shape index (κ1) is 12.4. The maximum absolute atomic E-state index is 9.06. The van der Waals surface area contributed by atoms with Gasteiger partial charge in [0.25, 0.3) is 0 Å². The lowest BCUT2D eigenvalue weighted by molar-refractivity contribution is 1.04. The van der Waals surface area contributed by atoms with E-state index in [1.165, 1.54) is 0 Å². The van der Waals surface area contributed by atoms with Gasteiger partial charge in [-0.2, -0.15) is 5.26 Å². The molecule has 0 atom stereocenters. The molecule has 0 aliphatic rings. The SMILES string of the molecule is Cc1cc(Br)cn2c(CC#N)c(-c3cccs3)nc12. The van der Waals surface area contributed by atoms with Crippen LogP contribution in [-0.2, 0) is 6.42 Å². The Hall–Kier alpha value is -1.64. The Balaban J connectivity index is 2.37. The number of hydrogen-bond donors (Lipinski definition) is 0. The number of fused-ring (bicyclic) bond motifs is 1. The summed E-state index contributed by atoms with van der Waals surface area (Å²) in [4.78, 5) is 5.82. The smallest absolute Gasteiger partial charge is 0.140 e. The fraction of sp³-hybridized carbons (Fsp3) is 0.143. The highest BCUT2D eigenvalue weighted by molar-refractivity contribution is 9.10. The monoisotopic (exact) mass is 331 g/mol. The Morgan fingerprint density at radius 1 is 1.53 bits per heavy atom. The second kappa shape index (κ2) is 4.80. The average molecular weight is 332 g/mol. The molecule has 0 spiro atoms. The minimum Gasteiger partial charge on any atom is -0.301 e. The Kier molecular flexibility index (Phi) is 3.13. The number of rotatable bonds is 2. The van der Waals surface area contributed by atoms with E-state index in [-0.39, 0.29) is 0 Å². The van der Waals surface area contributed by atoms with Gasteiger partial charge in [-0.25, -0.2) is 4.98 Å². The van der Waals surface area contributed by atoms with E-state index in [0.29, 0.717) is 6.42 Å². The molecule has 3 nitrogen and oxygen atoms in total. The van der Waals surface area contributed by atoms with Gasteiger partial charge in [-0.15, -0.1) is 11.3 Å². The third-order valence-corrected chi connectivity index (χ3v) is 4.28. The summed E-state index contributed by atoms with van der Waals surface area (Å²) in [6, 6.07) is 8.31. The molecular weight excluding hydrogens is 322 g/mol. The zero-order valence-electron chi connectivity index (χ0n) is 10.2. The molecule has 0 amide bonds. The topological polar surface area (TPSA) is 41.1 Å². The molecule has 3 heterocycles. The first-order chi connectivity index (χ1) is 9.20. The molecule has 94 valence electrons. The van der Waals surface area contributed by atoms with Crippen LogP contribution in [0.1, 0.15) is 11.3 Å². The van der Waals surface area contributed by atoms with Crippen molar-refractivity contribution in [2.75, 3.05) is 0 Å². The fourth-order valence-electron chi connectivity index (χ4n) is 2.17. The highest BCUT2D eigenvalue weighted by Gasteiger charge is 2.16. The molecule has 5 heteroatoms. The van der Waals surface area contributed by atoms with E-state index in [4.69, 9.17) is 10.2 Å². The lowest BCUT2D eigenvalue weighted by Crippen LogP contribution is -1.94. The van der Waals surface area contributed by atoms with Crippen LogP contribution in [0.5, 0.6) is 0 Å². The van der Waals surface area contributed by atoms with E-state index in [0.717, 1.165) is 31.9 Å². The Labute approximate surface area is 123 Å². The van der Waals surface area contributed by atoms with Crippen LogP contribution in [0.2, 0.25) is 0 Å². The highest BCUT2D eigenvalue weighted by atomic mass is 79.9. The molecule has 0 unspecified atom stereocenters. The molecule has 0 aliphatic heterocycles. The minimum absolute atomic E-state index is 0.351. The summed E-state index contributed by atoms with van der Waals surface area (Å²) in [5.41, 5.74) is 3.87. The summed E-state index contributed by atoms with van der Waals surface area (Å²) in [5, 5.41) is 11.1. The third kappa shape index (κ3) is 2.07. The first-order valence-corrected chi connectivity index (χ1v) is 7.46. The molecule has 0 radical (unpaired) electrons. The van der Waals surface area contributed by atoms with Crippen molar-refractivity contribution in [1.29, 1.82) is 5.26 Å². The summed E-state index contributed by atoms with van der Waals surface area (Å²) in [6.45, 7) is 2.03. The number of aryl methyl sites for hydroxylation is 1. The molecule has 0 bridgehead atoms. The van der Waals surface area contributed by atoms with Gasteiger partial charge in [-0.05, 0) is 45.9 Å². The predicted octanol–water partition coefficient (Wildman–Crippen LogP) is 4.20. The number of thiophene rings is 1. The van der Waals surface area contributed by atoms with E-state index in [2.05, 4.69) is 22.0 Å². The van der Waals surface area contributed by atoms with Crippen molar-refractivity contribution in [3.63, 3.8) is 0 Å². The van der Waals surface area contributed by atoms with Crippen LogP contribution in [0.15, 0.2) is 34.2 Å². The van der Waals surface area contributed by atoms with Crippen molar-refractivity contribution in [1.82, 2.24) is 9.38 Å². The number of aromatic nitrogens is 2. The van der Waals surface area contributed by atoms with E-state index in [1.54, 1.807) is 11.3 Å². The van der Waals surface area contributed by atoms with Crippen molar-refractivity contribution in [2.24, 2.45) is 0 Å². The molecule has 0 N–H and O–H groups in total.